The fraction of sp³-hybridized carbons (Fsp3) is 0. The number of halogens is 1. The number of carbonyl (C=O) groups is 1. The van der Waals surface area contributed by atoms with Crippen LogP contribution in [0, 0.1) is 6.20 Å². The van der Waals surface area contributed by atoms with Crippen molar-refractivity contribution in [3.63, 3.8) is 0 Å². The highest BCUT2D eigenvalue weighted by Crippen LogP contribution is 2.20. The summed E-state index contributed by atoms with van der Waals surface area (Å²) in [5.41, 5.74) is 0. The number of amides is 1. The van der Waals surface area contributed by atoms with Gasteiger partial charge in [0.15, 0.2) is 5.13 Å². The van der Waals surface area contributed by atoms with Crippen LogP contribution in [-0.2, 0) is 4.79 Å². The van der Waals surface area contributed by atoms with E-state index in [1.807, 2.05) is 0 Å². The van der Waals surface area contributed by atoms with Crippen molar-refractivity contribution in [2.24, 2.45) is 0 Å². The van der Waals surface area contributed by atoms with Gasteiger partial charge in [-0.05, 0) is 0 Å². The third-order valence-corrected chi connectivity index (χ3v) is 1.60. The summed E-state index contributed by atoms with van der Waals surface area (Å²) in [5, 5.41) is 2.81. The lowest BCUT2D eigenvalue weighted by atomic mass is 11.0. The summed E-state index contributed by atoms with van der Waals surface area (Å²) in [4.78, 5) is 13.4. The summed E-state index contributed by atoms with van der Waals surface area (Å²) in [5.74, 6) is 0. The van der Waals surface area contributed by atoms with Crippen molar-refractivity contribution in [1.82, 2.24) is 4.98 Å². The van der Waals surface area contributed by atoms with Crippen molar-refractivity contribution in [1.29, 1.82) is 0 Å². The summed E-state index contributed by atoms with van der Waals surface area (Å²) in [7, 11) is 0. The van der Waals surface area contributed by atoms with E-state index in [2.05, 4.69) is 16.5 Å². The van der Waals surface area contributed by atoms with Crippen LogP contribution in [0.5, 0.6) is 0 Å². The molecule has 5 heteroatoms. The van der Waals surface area contributed by atoms with E-state index in [0.29, 0.717) is 15.9 Å². The molecule has 1 heterocycles. The van der Waals surface area contributed by atoms with E-state index in [1.54, 1.807) is 0 Å². The van der Waals surface area contributed by atoms with Crippen LogP contribution in [0.25, 0.3) is 0 Å². The molecular weight excluding hydrogens is 160 g/mol. The first-order valence-electron chi connectivity index (χ1n) is 2.07. The van der Waals surface area contributed by atoms with Gasteiger partial charge in [0.1, 0.15) is 10.5 Å². The van der Waals surface area contributed by atoms with Gasteiger partial charge in [-0.2, -0.15) is 0 Å². The van der Waals surface area contributed by atoms with E-state index >= 15 is 0 Å². The van der Waals surface area contributed by atoms with E-state index in [0.717, 1.165) is 0 Å². The topological polar surface area (TPSA) is 42.0 Å². The number of aromatic nitrogens is 1. The molecule has 0 atom stereocenters. The molecule has 0 saturated carbocycles. The van der Waals surface area contributed by atoms with E-state index < -0.39 is 0 Å². The Balaban J connectivity index is 2.72. The molecule has 1 aromatic heterocycles. The van der Waals surface area contributed by atoms with Crippen molar-refractivity contribution >= 4 is 34.5 Å². The molecule has 1 radical (unpaired) electrons. The third-order valence-electron chi connectivity index (χ3n) is 0.614. The number of anilines is 1. The van der Waals surface area contributed by atoms with Crippen molar-refractivity contribution in [3.05, 3.63) is 10.5 Å². The lowest BCUT2D eigenvalue weighted by molar-refractivity contribution is -0.105. The Hall–Kier alpha value is -0.610. The van der Waals surface area contributed by atoms with Crippen molar-refractivity contribution < 1.29 is 4.79 Å². The van der Waals surface area contributed by atoms with Gasteiger partial charge in [-0.3, -0.25) is 4.79 Å². The van der Waals surface area contributed by atoms with E-state index in [9.17, 15) is 4.79 Å². The Bertz CT molecular complexity index is 212. The highest BCUT2D eigenvalue weighted by atomic mass is 35.5. The van der Waals surface area contributed by atoms with Crippen LogP contribution in [0.2, 0.25) is 4.34 Å². The number of nitrogens with one attached hydrogen (secondary N) is 1. The number of hydrogen-bond donors (Lipinski definition) is 1. The standard InChI is InChI=1S/C4H2ClN2OS/c5-3-1-6-4(9-3)7-2-8/h2H,(H,6,7,8). The Morgan fingerprint density at radius 2 is 2.67 bits per heavy atom. The molecule has 0 bridgehead atoms. The fourth-order valence-corrected chi connectivity index (χ4v) is 1.06. The smallest absolute Gasteiger partial charge is 0.213 e. The Labute approximate surface area is 60.7 Å². The van der Waals surface area contributed by atoms with Gasteiger partial charge < -0.3 is 5.32 Å². The van der Waals surface area contributed by atoms with Gasteiger partial charge in [-0.1, -0.05) is 22.9 Å². The van der Waals surface area contributed by atoms with Crippen LogP contribution in [0.1, 0.15) is 0 Å². The van der Waals surface area contributed by atoms with Crippen LogP contribution < -0.4 is 5.32 Å². The number of thiazole rings is 1. The van der Waals surface area contributed by atoms with Crippen LogP contribution in [-0.4, -0.2) is 11.4 Å². The van der Waals surface area contributed by atoms with Gasteiger partial charge >= 0.3 is 0 Å². The average molecular weight is 162 g/mol. The largest absolute Gasteiger partial charge is 0.305 e. The molecular formula is C4H2ClN2OS. The summed E-state index contributed by atoms with van der Waals surface area (Å²) in [6.07, 6.45) is 3.01. The van der Waals surface area contributed by atoms with Crippen LogP contribution in [0.3, 0.4) is 0 Å². The van der Waals surface area contributed by atoms with Crippen molar-refractivity contribution in [2.45, 2.75) is 0 Å². The zero-order chi connectivity index (χ0) is 6.69. The molecule has 0 spiro atoms. The van der Waals surface area contributed by atoms with Gasteiger partial charge in [0.2, 0.25) is 6.41 Å². The first kappa shape index (κ1) is 6.51. The van der Waals surface area contributed by atoms with Gasteiger partial charge in [0.25, 0.3) is 0 Å². The Morgan fingerprint density at radius 1 is 1.89 bits per heavy atom. The molecule has 9 heavy (non-hydrogen) atoms. The lowest BCUT2D eigenvalue weighted by Crippen LogP contribution is -1.90. The number of carbonyl (C=O) groups excluding carboxylic acids is 1. The van der Waals surface area contributed by atoms with Crippen molar-refractivity contribution in [3.8, 4) is 0 Å². The zero-order valence-electron chi connectivity index (χ0n) is 4.22. The molecule has 0 unspecified atom stereocenters. The van der Waals surface area contributed by atoms with E-state index in [-0.39, 0.29) is 0 Å². The highest BCUT2D eigenvalue weighted by molar-refractivity contribution is 7.19. The van der Waals surface area contributed by atoms with Gasteiger partial charge in [0, 0.05) is 0 Å². The first-order valence-corrected chi connectivity index (χ1v) is 3.26. The monoisotopic (exact) mass is 161 g/mol. The summed E-state index contributed by atoms with van der Waals surface area (Å²) >= 11 is 6.61. The molecule has 0 aromatic carbocycles. The second kappa shape index (κ2) is 2.80. The average Bonchev–Trinajstić information content (AvgIpc) is 2.17. The maximum Gasteiger partial charge on any atom is 0.213 e. The summed E-state index contributed by atoms with van der Waals surface area (Å²) in [6.45, 7) is 0. The minimum absolute atomic E-state index is 0.444. The molecule has 0 aliphatic carbocycles. The molecule has 0 fully saturated rings. The molecule has 1 rings (SSSR count). The molecule has 1 amide bonds. The van der Waals surface area contributed by atoms with Crippen LogP contribution in [0.15, 0.2) is 0 Å². The lowest BCUT2D eigenvalue weighted by Gasteiger charge is -1.83. The third kappa shape index (κ3) is 1.65. The number of nitrogens with zero attached hydrogens (tertiary/aromatic N) is 1. The maximum atomic E-state index is 9.78. The zero-order valence-corrected chi connectivity index (χ0v) is 5.79. The quantitative estimate of drug-likeness (QED) is 0.662. The predicted octanol–water partition coefficient (Wildman–Crippen LogP) is 1.16. The minimum atomic E-state index is 0.444. The van der Waals surface area contributed by atoms with E-state index in [4.69, 9.17) is 11.6 Å². The number of hydrogen-bond acceptors (Lipinski definition) is 3. The number of rotatable bonds is 2. The second-order valence-corrected chi connectivity index (χ2v) is 2.77. The highest BCUT2D eigenvalue weighted by Gasteiger charge is 1.95. The Morgan fingerprint density at radius 3 is 3.11 bits per heavy atom. The molecule has 3 nitrogen and oxygen atoms in total. The minimum Gasteiger partial charge on any atom is -0.305 e. The SMILES string of the molecule is O=CNc1n[c]c(Cl)s1. The Kier molecular flexibility index (Phi) is 2.02. The second-order valence-electron chi connectivity index (χ2n) is 1.17. The van der Waals surface area contributed by atoms with Gasteiger partial charge in [-0.15, -0.1) is 0 Å². The van der Waals surface area contributed by atoms with Crippen LogP contribution >= 0.6 is 22.9 Å². The molecule has 0 aliphatic rings. The summed E-state index contributed by atoms with van der Waals surface area (Å²) < 4.78 is 0.444. The predicted molar refractivity (Wildman–Crippen MR) is 35.6 cm³/mol. The molecule has 0 aliphatic heterocycles. The fourth-order valence-electron chi connectivity index (χ4n) is 0.337. The molecule has 1 N–H and O–H groups in total. The summed E-state index contributed by atoms with van der Waals surface area (Å²) in [6, 6.07) is 0. The van der Waals surface area contributed by atoms with Crippen molar-refractivity contribution in [2.75, 3.05) is 5.32 Å². The van der Waals surface area contributed by atoms with Crippen LogP contribution in [0.4, 0.5) is 5.13 Å². The van der Waals surface area contributed by atoms with Gasteiger partial charge in [0.05, 0.1) is 0 Å². The molecule has 47 valence electrons. The van der Waals surface area contributed by atoms with E-state index in [1.165, 1.54) is 11.3 Å². The van der Waals surface area contributed by atoms with Gasteiger partial charge in [-0.25, -0.2) is 4.98 Å². The molecule has 0 saturated heterocycles. The maximum absolute atomic E-state index is 9.78. The first-order chi connectivity index (χ1) is 4.33. The normalized spacial score (nSPS) is 9.00. The molecule has 1 aromatic rings.